The molecule has 0 saturated carbocycles. The van der Waals surface area contributed by atoms with E-state index in [1.807, 2.05) is 0 Å². The fourth-order valence-electron chi connectivity index (χ4n) is 4.05. The van der Waals surface area contributed by atoms with Crippen molar-refractivity contribution in [3.63, 3.8) is 0 Å². The highest BCUT2D eigenvalue weighted by molar-refractivity contribution is 6.34. The van der Waals surface area contributed by atoms with Crippen LogP contribution in [-0.2, 0) is 17.5 Å². The van der Waals surface area contributed by atoms with Gasteiger partial charge in [0.15, 0.2) is 17.2 Å². The minimum Gasteiger partial charge on any atom is -0.355 e. The van der Waals surface area contributed by atoms with Crippen LogP contribution in [-0.4, -0.2) is 68.7 Å². The van der Waals surface area contributed by atoms with Gasteiger partial charge in [0, 0.05) is 43.9 Å². The summed E-state index contributed by atoms with van der Waals surface area (Å²) in [4.78, 5) is 32.8. The smallest absolute Gasteiger partial charge is 0.355 e. The van der Waals surface area contributed by atoms with Gasteiger partial charge in [0.2, 0.25) is 5.91 Å². The van der Waals surface area contributed by atoms with Gasteiger partial charge in [-0.3, -0.25) is 18.7 Å². The third-order valence-corrected chi connectivity index (χ3v) is 6.33. The number of amides is 2. The predicted octanol–water partition coefficient (Wildman–Crippen LogP) is 2.32. The second-order valence-corrected chi connectivity index (χ2v) is 9.51. The van der Waals surface area contributed by atoms with Crippen molar-refractivity contribution in [2.75, 3.05) is 38.0 Å². The zero-order valence-electron chi connectivity index (χ0n) is 22.6. The Morgan fingerprint density at radius 2 is 1.95 bits per heavy atom. The standard InChI is InChI=1S/C26H27ClF3N11O2/c27-19-12-16(2-3-17(19)25(43)36-8-7-33-14-21(42)34-6-1-4-31)38-23-24-37-13-20(41(24)11-9-35-23)18-15-40(10-5-32)39-22(18)26(28,29)30/h2-3,9,11-13,15,33H,1,4,6-8,10,14,31H2,(H,34,42)(H,35,38)(H,36,43). The maximum Gasteiger partial charge on any atom is 0.435 e. The molecule has 13 nitrogen and oxygen atoms in total. The van der Waals surface area contributed by atoms with Crippen molar-refractivity contribution in [1.29, 1.82) is 5.26 Å². The summed E-state index contributed by atoms with van der Waals surface area (Å²) in [6.45, 7) is 1.37. The van der Waals surface area contributed by atoms with Gasteiger partial charge in [0.05, 0.1) is 40.7 Å². The number of aromatic nitrogens is 5. The van der Waals surface area contributed by atoms with Crippen molar-refractivity contribution in [3.05, 3.63) is 59.3 Å². The molecule has 6 N–H and O–H groups in total. The molecule has 3 heterocycles. The molecule has 0 fully saturated rings. The van der Waals surface area contributed by atoms with Crippen LogP contribution in [0.5, 0.6) is 0 Å². The summed E-state index contributed by atoms with van der Waals surface area (Å²) in [6.07, 6.45) is 1.18. The van der Waals surface area contributed by atoms with Crippen LogP contribution in [0.15, 0.2) is 43.0 Å². The highest BCUT2D eigenvalue weighted by Gasteiger charge is 2.38. The predicted molar refractivity (Wildman–Crippen MR) is 151 cm³/mol. The van der Waals surface area contributed by atoms with E-state index in [1.165, 1.54) is 35.1 Å². The molecule has 1 aromatic carbocycles. The molecule has 0 saturated heterocycles. The Morgan fingerprint density at radius 3 is 2.67 bits per heavy atom. The Bertz CT molecular complexity index is 1650. The summed E-state index contributed by atoms with van der Waals surface area (Å²) in [7, 11) is 0. The van der Waals surface area contributed by atoms with Crippen LogP contribution in [0.4, 0.5) is 24.7 Å². The van der Waals surface area contributed by atoms with E-state index in [2.05, 4.69) is 36.3 Å². The molecule has 4 rings (SSSR count). The maximum atomic E-state index is 13.7. The lowest BCUT2D eigenvalue weighted by Crippen LogP contribution is -2.38. The summed E-state index contributed by atoms with van der Waals surface area (Å²) >= 11 is 6.36. The largest absolute Gasteiger partial charge is 0.435 e. The molecular formula is C26H27ClF3N11O2. The van der Waals surface area contributed by atoms with E-state index in [0.29, 0.717) is 31.7 Å². The number of hydrogen-bond donors (Lipinski definition) is 5. The topological polar surface area (TPSA) is 180 Å². The number of nitrogens with zero attached hydrogens (tertiary/aromatic N) is 6. The second kappa shape index (κ2) is 14.0. The number of anilines is 2. The van der Waals surface area contributed by atoms with E-state index in [-0.39, 0.29) is 58.8 Å². The minimum absolute atomic E-state index is 0.101. The van der Waals surface area contributed by atoms with Gasteiger partial charge in [0.1, 0.15) is 6.54 Å². The first kappa shape index (κ1) is 31.2. The number of carbonyl (C=O) groups excluding carboxylic acids is 2. The SMILES string of the molecule is N#CCn1cc(-c2cnc3c(Nc4ccc(C(=O)NCCNCC(=O)NCCCN)c(Cl)c4)nccn23)c(C(F)(F)F)n1. The summed E-state index contributed by atoms with van der Waals surface area (Å²) in [5.41, 5.74) is 4.98. The number of rotatable bonds is 13. The lowest BCUT2D eigenvalue weighted by Gasteiger charge is -2.11. The van der Waals surface area contributed by atoms with Crippen molar-refractivity contribution in [1.82, 2.24) is 40.1 Å². The molecule has 0 unspecified atom stereocenters. The number of nitrogens with one attached hydrogen (secondary N) is 4. The third-order valence-electron chi connectivity index (χ3n) is 6.02. The minimum atomic E-state index is -4.75. The first-order valence-corrected chi connectivity index (χ1v) is 13.4. The first-order chi connectivity index (χ1) is 20.6. The molecule has 2 amide bonds. The Morgan fingerprint density at radius 1 is 1.14 bits per heavy atom. The summed E-state index contributed by atoms with van der Waals surface area (Å²) in [5, 5.41) is 24.0. The van der Waals surface area contributed by atoms with Gasteiger partial charge in [-0.2, -0.15) is 23.5 Å². The average molecular weight is 618 g/mol. The van der Waals surface area contributed by atoms with Crippen molar-refractivity contribution < 1.29 is 22.8 Å². The molecule has 0 spiro atoms. The Hall–Kier alpha value is -4.72. The van der Waals surface area contributed by atoms with Crippen LogP contribution in [0.25, 0.3) is 16.9 Å². The molecule has 0 aliphatic carbocycles. The van der Waals surface area contributed by atoms with Crippen molar-refractivity contribution in [2.45, 2.75) is 19.1 Å². The van der Waals surface area contributed by atoms with Crippen LogP contribution in [0.2, 0.25) is 5.02 Å². The summed E-state index contributed by atoms with van der Waals surface area (Å²) in [6, 6.07) is 6.37. The number of benzene rings is 1. The number of fused-ring (bicyclic) bond motifs is 1. The van der Waals surface area contributed by atoms with E-state index >= 15 is 0 Å². The van der Waals surface area contributed by atoms with E-state index in [4.69, 9.17) is 22.6 Å². The Kier molecular flexibility index (Phi) is 10.1. The molecule has 43 heavy (non-hydrogen) atoms. The van der Waals surface area contributed by atoms with Gasteiger partial charge in [-0.05, 0) is 31.2 Å². The fraction of sp³-hybridized carbons (Fsp3) is 0.308. The van der Waals surface area contributed by atoms with Crippen molar-refractivity contribution in [3.8, 4) is 17.3 Å². The number of nitrogens with two attached hydrogens (primary N) is 1. The number of hydrogen-bond acceptors (Lipinski definition) is 9. The van der Waals surface area contributed by atoms with Gasteiger partial charge in [-0.25, -0.2) is 9.97 Å². The summed E-state index contributed by atoms with van der Waals surface area (Å²) in [5.74, 6) is -0.361. The highest BCUT2D eigenvalue weighted by atomic mass is 35.5. The lowest BCUT2D eigenvalue weighted by atomic mass is 10.2. The van der Waals surface area contributed by atoms with Crippen LogP contribution in [0.3, 0.4) is 0 Å². The molecule has 0 atom stereocenters. The molecule has 0 aliphatic rings. The normalized spacial score (nSPS) is 11.3. The first-order valence-electron chi connectivity index (χ1n) is 13.0. The second-order valence-electron chi connectivity index (χ2n) is 9.10. The van der Waals surface area contributed by atoms with Gasteiger partial charge in [-0.15, -0.1) is 0 Å². The quantitative estimate of drug-likeness (QED) is 0.141. The number of halogens is 4. The maximum absolute atomic E-state index is 13.7. The molecule has 4 aromatic rings. The Balaban J connectivity index is 1.42. The molecule has 0 bridgehead atoms. The number of nitriles is 1. The van der Waals surface area contributed by atoms with Gasteiger partial charge in [-0.1, -0.05) is 11.6 Å². The van der Waals surface area contributed by atoms with Crippen LogP contribution in [0, 0.1) is 11.3 Å². The Labute approximate surface area is 248 Å². The summed E-state index contributed by atoms with van der Waals surface area (Å²) < 4.78 is 43.4. The molecule has 17 heteroatoms. The van der Waals surface area contributed by atoms with E-state index in [9.17, 15) is 22.8 Å². The zero-order valence-corrected chi connectivity index (χ0v) is 23.3. The molecular weight excluding hydrogens is 591 g/mol. The molecule has 3 aromatic heterocycles. The van der Waals surface area contributed by atoms with Crippen molar-refractivity contribution >= 4 is 40.6 Å². The van der Waals surface area contributed by atoms with E-state index in [0.717, 1.165) is 10.9 Å². The van der Waals surface area contributed by atoms with Gasteiger partial charge < -0.3 is 27.0 Å². The van der Waals surface area contributed by atoms with E-state index in [1.54, 1.807) is 12.1 Å². The van der Waals surface area contributed by atoms with Crippen molar-refractivity contribution in [2.24, 2.45) is 5.73 Å². The number of carbonyl (C=O) groups is 2. The van der Waals surface area contributed by atoms with Gasteiger partial charge >= 0.3 is 6.18 Å². The van der Waals surface area contributed by atoms with Crippen LogP contribution < -0.4 is 27.0 Å². The van der Waals surface area contributed by atoms with E-state index < -0.39 is 17.8 Å². The number of imidazole rings is 1. The zero-order chi connectivity index (χ0) is 31.0. The molecule has 0 radical (unpaired) electrons. The van der Waals surface area contributed by atoms with Crippen LogP contribution in [0.1, 0.15) is 22.5 Å². The number of alkyl halides is 3. The average Bonchev–Trinajstić information content (AvgIpc) is 3.58. The van der Waals surface area contributed by atoms with Crippen LogP contribution >= 0.6 is 11.6 Å². The third kappa shape index (κ3) is 7.77. The lowest BCUT2D eigenvalue weighted by molar-refractivity contribution is -0.141. The fourth-order valence-corrected chi connectivity index (χ4v) is 4.31. The monoisotopic (exact) mass is 617 g/mol. The van der Waals surface area contributed by atoms with Gasteiger partial charge in [0.25, 0.3) is 5.91 Å². The highest BCUT2D eigenvalue weighted by Crippen LogP contribution is 2.37. The molecule has 0 aliphatic heterocycles. The molecule has 226 valence electrons.